The van der Waals surface area contributed by atoms with Crippen LogP contribution in [-0.2, 0) is 11.3 Å². The highest BCUT2D eigenvalue weighted by Gasteiger charge is 1.87. The Balaban J connectivity index is 2.43. The van der Waals surface area contributed by atoms with Gasteiger partial charge in [0.25, 0.3) is 0 Å². The summed E-state index contributed by atoms with van der Waals surface area (Å²) in [4.78, 5) is 0. The zero-order chi connectivity index (χ0) is 7.23. The summed E-state index contributed by atoms with van der Waals surface area (Å²) in [6, 6.07) is 10.9. The van der Waals surface area contributed by atoms with Gasteiger partial charge in [0.1, 0.15) is 0 Å². The summed E-state index contributed by atoms with van der Waals surface area (Å²) in [5.41, 5.74) is 1.12. The van der Waals surface area contributed by atoms with Crippen LogP contribution in [0.25, 0.3) is 0 Å². The molecule has 10 heavy (non-hydrogen) atoms. The molecule has 0 aliphatic carbocycles. The van der Waals surface area contributed by atoms with Crippen molar-refractivity contribution >= 4 is 0 Å². The quantitative estimate of drug-likeness (QED) is 0.616. The van der Waals surface area contributed by atoms with Gasteiger partial charge in [0.05, 0.1) is 6.61 Å². The molecule has 0 bridgehead atoms. The van der Waals surface area contributed by atoms with Crippen LogP contribution in [-0.4, -0.2) is 6.61 Å². The molecule has 0 aromatic heterocycles. The van der Waals surface area contributed by atoms with E-state index in [2.05, 4.69) is 6.07 Å². The van der Waals surface area contributed by atoms with Crippen molar-refractivity contribution in [1.82, 2.24) is 0 Å². The van der Waals surface area contributed by atoms with Crippen molar-refractivity contribution in [3.05, 3.63) is 35.9 Å². The topological polar surface area (TPSA) is 9.23 Å². The summed E-state index contributed by atoms with van der Waals surface area (Å²) in [7, 11) is 0. The van der Waals surface area contributed by atoms with Gasteiger partial charge in [0, 0.05) is 6.61 Å². The first kappa shape index (κ1) is 7.29. The fraction of sp³-hybridized carbons (Fsp3) is 0.333. The minimum absolute atomic E-state index is 0.678. The largest absolute Gasteiger partial charge is 0.377 e. The smallest absolute Gasteiger partial charge is 0.0722 e. The third-order valence-electron chi connectivity index (χ3n) is 1.24. The first-order valence-electron chi connectivity index (χ1n) is 3.47. The second-order valence-electron chi connectivity index (χ2n) is 2.02. The average Bonchev–Trinajstić information content (AvgIpc) is 2.03. The van der Waals surface area contributed by atoms with Crippen LogP contribution in [0.5, 0.6) is 0 Å². The molecule has 0 amide bonds. The van der Waals surface area contributed by atoms with Crippen LogP contribution in [0, 0.1) is 6.07 Å². The van der Waals surface area contributed by atoms with E-state index in [1.807, 2.05) is 31.2 Å². The predicted molar refractivity (Wildman–Crippen MR) is 40.6 cm³/mol. The Labute approximate surface area is 61.6 Å². The summed E-state index contributed by atoms with van der Waals surface area (Å²) in [5.74, 6) is 0. The highest BCUT2D eigenvalue weighted by Crippen LogP contribution is 1.98. The van der Waals surface area contributed by atoms with Crippen LogP contribution >= 0.6 is 0 Å². The van der Waals surface area contributed by atoms with Crippen LogP contribution in [0.2, 0.25) is 0 Å². The van der Waals surface area contributed by atoms with E-state index in [1.54, 1.807) is 0 Å². The Kier molecular flexibility index (Phi) is 2.97. The molecule has 0 spiro atoms. The van der Waals surface area contributed by atoms with Crippen molar-refractivity contribution in [3.63, 3.8) is 0 Å². The van der Waals surface area contributed by atoms with Crippen LogP contribution in [0.1, 0.15) is 12.5 Å². The van der Waals surface area contributed by atoms with Gasteiger partial charge in [-0.3, -0.25) is 0 Å². The van der Waals surface area contributed by atoms with Crippen LogP contribution < -0.4 is 0 Å². The minimum atomic E-state index is 0.678. The lowest BCUT2D eigenvalue weighted by atomic mass is 10.2. The fourth-order valence-electron chi connectivity index (χ4n) is 0.732. The minimum Gasteiger partial charge on any atom is -0.377 e. The molecule has 0 saturated heterocycles. The molecular formula is C9H11O. The third-order valence-corrected chi connectivity index (χ3v) is 1.24. The molecule has 0 aliphatic rings. The molecule has 1 aromatic carbocycles. The molecule has 0 aliphatic heterocycles. The van der Waals surface area contributed by atoms with E-state index >= 15 is 0 Å². The summed E-state index contributed by atoms with van der Waals surface area (Å²) in [5, 5.41) is 0. The summed E-state index contributed by atoms with van der Waals surface area (Å²) in [6.07, 6.45) is 0. The maximum absolute atomic E-state index is 5.19. The van der Waals surface area contributed by atoms with Gasteiger partial charge in [-0.05, 0) is 18.6 Å². The molecule has 1 rings (SSSR count). The number of ether oxygens (including phenoxy) is 1. The lowest BCUT2D eigenvalue weighted by Crippen LogP contribution is -1.90. The van der Waals surface area contributed by atoms with E-state index in [4.69, 9.17) is 4.74 Å². The highest BCUT2D eigenvalue weighted by molar-refractivity contribution is 5.11. The van der Waals surface area contributed by atoms with Crippen molar-refractivity contribution < 1.29 is 4.74 Å². The molecule has 0 fully saturated rings. The summed E-state index contributed by atoms with van der Waals surface area (Å²) >= 11 is 0. The van der Waals surface area contributed by atoms with Crippen molar-refractivity contribution in [2.45, 2.75) is 13.5 Å². The zero-order valence-corrected chi connectivity index (χ0v) is 6.13. The van der Waals surface area contributed by atoms with Crippen molar-refractivity contribution in [2.75, 3.05) is 6.61 Å². The zero-order valence-electron chi connectivity index (χ0n) is 6.13. The molecule has 1 nitrogen and oxygen atoms in total. The van der Waals surface area contributed by atoms with E-state index in [-0.39, 0.29) is 0 Å². The van der Waals surface area contributed by atoms with Gasteiger partial charge in [0.2, 0.25) is 0 Å². The van der Waals surface area contributed by atoms with Gasteiger partial charge >= 0.3 is 0 Å². The predicted octanol–water partition coefficient (Wildman–Crippen LogP) is 2.02. The Hall–Kier alpha value is -0.820. The van der Waals surface area contributed by atoms with Gasteiger partial charge in [-0.1, -0.05) is 24.3 Å². The second-order valence-corrected chi connectivity index (χ2v) is 2.02. The van der Waals surface area contributed by atoms with E-state index in [0.29, 0.717) is 6.61 Å². The molecule has 1 radical (unpaired) electrons. The SMILES string of the molecule is CCOCc1[c]cccc1. The fourth-order valence-corrected chi connectivity index (χ4v) is 0.732. The van der Waals surface area contributed by atoms with Gasteiger partial charge < -0.3 is 4.74 Å². The molecule has 0 atom stereocenters. The molecule has 0 saturated carbocycles. The number of hydrogen-bond acceptors (Lipinski definition) is 1. The molecule has 53 valence electrons. The molecular weight excluding hydrogens is 124 g/mol. The van der Waals surface area contributed by atoms with E-state index in [9.17, 15) is 0 Å². The van der Waals surface area contributed by atoms with Gasteiger partial charge in [-0.15, -0.1) is 0 Å². The molecule has 1 heteroatoms. The van der Waals surface area contributed by atoms with Gasteiger partial charge in [0.15, 0.2) is 0 Å². The highest BCUT2D eigenvalue weighted by atomic mass is 16.5. The van der Waals surface area contributed by atoms with Gasteiger partial charge in [-0.2, -0.15) is 0 Å². The van der Waals surface area contributed by atoms with E-state index in [0.717, 1.165) is 12.2 Å². The molecule has 0 N–H and O–H groups in total. The Bertz CT molecular complexity index is 169. The van der Waals surface area contributed by atoms with Crippen molar-refractivity contribution in [3.8, 4) is 0 Å². The van der Waals surface area contributed by atoms with E-state index < -0.39 is 0 Å². The first-order valence-corrected chi connectivity index (χ1v) is 3.47. The Morgan fingerprint density at radius 2 is 2.40 bits per heavy atom. The van der Waals surface area contributed by atoms with Crippen LogP contribution in [0.15, 0.2) is 24.3 Å². The first-order chi connectivity index (χ1) is 4.93. The number of hydrogen-bond donors (Lipinski definition) is 0. The van der Waals surface area contributed by atoms with Crippen molar-refractivity contribution in [2.24, 2.45) is 0 Å². The summed E-state index contributed by atoms with van der Waals surface area (Å²) < 4.78 is 5.19. The van der Waals surface area contributed by atoms with Crippen LogP contribution in [0.3, 0.4) is 0 Å². The Morgan fingerprint density at radius 3 is 3.00 bits per heavy atom. The second kappa shape index (κ2) is 4.07. The monoisotopic (exact) mass is 135 g/mol. The van der Waals surface area contributed by atoms with Gasteiger partial charge in [-0.25, -0.2) is 0 Å². The lowest BCUT2D eigenvalue weighted by Gasteiger charge is -1.98. The lowest BCUT2D eigenvalue weighted by molar-refractivity contribution is 0.134. The average molecular weight is 135 g/mol. The number of benzene rings is 1. The maximum Gasteiger partial charge on any atom is 0.0722 e. The summed E-state index contributed by atoms with van der Waals surface area (Å²) in [6.45, 7) is 3.43. The molecule has 0 heterocycles. The van der Waals surface area contributed by atoms with E-state index in [1.165, 1.54) is 0 Å². The molecule has 1 aromatic rings. The Morgan fingerprint density at radius 1 is 1.50 bits per heavy atom. The van der Waals surface area contributed by atoms with Crippen LogP contribution in [0.4, 0.5) is 0 Å². The normalized spacial score (nSPS) is 9.70. The maximum atomic E-state index is 5.19. The number of rotatable bonds is 3. The third kappa shape index (κ3) is 2.19. The van der Waals surface area contributed by atoms with Crippen molar-refractivity contribution in [1.29, 1.82) is 0 Å². The molecule has 0 unspecified atom stereocenters. The standard InChI is InChI=1S/C9H11O/c1-2-10-8-9-6-4-3-5-7-9/h3-6H,2,8H2,1H3.